The lowest BCUT2D eigenvalue weighted by molar-refractivity contribution is -0.122. The molecule has 7 nitrogen and oxygen atoms in total. The number of thiophene rings is 1. The molecule has 0 saturated heterocycles. The highest BCUT2D eigenvalue weighted by Crippen LogP contribution is 2.34. The van der Waals surface area contributed by atoms with Crippen LogP contribution in [-0.2, 0) is 11.2 Å². The third kappa shape index (κ3) is 5.79. The largest absolute Gasteiger partial charge is 0.482 e. The van der Waals surface area contributed by atoms with E-state index >= 15 is 0 Å². The minimum atomic E-state index is -0.640. The number of fused-ring (bicyclic) bond motifs is 1. The molecule has 0 bridgehead atoms. The van der Waals surface area contributed by atoms with Gasteiger partial charge in [0.2, 0.25) is 0 Å². The fraction of sp³-hybridized carbons (Fsp3) is 0.125. The number of rotatable bonds is 7. The third-order valence-corrected chi connectivity index (χ3v) is 5.96. The van der Waals surface area contributed by atoms with Crippen molar-refractivity contribution in [2.45, 2.75) is 6.42 Å². The Bertz CT molecular complexity index is 1340. The molecule has 168 valence electrons. The normalized spacial score (nSPS) is 10.7. The van der Waals surface area contributed by atoms with Gasteiger partial charge in [-0.15, -0.1) is 11.3 Å². The van der Waals surface area contributed by atoms with Gasteiger partial charge >= 0.3 is 11.7 Å². The zero-order valence-electron chi connectivity index (χ0n) is 17.3. The number of hydrogen-bond acceptors (Lipinski definition) is 6. The molecule has 4 rings (SSSR count). The van der Waals surface area contributed by atoms with Gasteiger partial charge < -0.3 is 14.5 Å². The van der Waals surface area contributed by atoms with Crippen LogP contribution in [0.1, 0.15) is 4.88 Å². The predicted molar refractivity (Wildman–Crippen MR) is 128 cm³/mol. The highest BCUT2D eigenvalue weighted by Gasteiger charge is 2.14. The van der Waals surface area contributed by atoms with Crippen LogP contribution in [0, 0.1) is 0 Å². The van der Waals surface area contributed by atoms with E-state index in [2.05, 4.69) is 10.6 Å². The molecular weight excluding hydrogens is 464 g/mol. The summed E-state index contributed by atoms with van der Waals surface area (Å²) in [5.74, 6) is -0.481. The molecule has 2 heterocycles. The Morgan fingerprint density at radius 2 is 1.88 bits per heavy atom. The van der Waals surface area contributed by atoms with Crippen LogP contribution in [0.5, 0.6) is 5.75 Å². The van der Waals surface area contributed by atoms with Crippen LogP contribution in [0.15, 0.2) is 75.3 Å². The standard InChI is InChI=1S/C24H19ClN2O5S/c25-19-11-18-17(15-5-2-1-3-6-15)12-23(29)32-20(18)13-21(19)31-14-22(28)27-24(30)26-9-8-16-7-4-10-33-16/h1-7,10-13H,8-9,14H2,(H2,26,27,28,30). The lowest BCUT2D eigenvalue weighted by atomic mass is 10.0. The van der Waals surface area contributed by atoms with Crippen molar-refractivity contribution < 1.29 is 18.7 Å². The zero-order chi connectivity index (χ0) is 23.2. The average molecular weight is 483 g/mol. The molecule has 0 spiro atoms. The number of benzene rings is 2. The van der Waals surface area contributed by atoms with Gasteiger partial charge in [0, 0.05) is 28.9 Å². The first kappa shape index (κ1) is 22.6. The van der Waals surface area contributed by atoms with E-state index in [1.54, 1.807) is 17.4 Å². The Morgan fingerprint density at radius 3 is 2.64 bits per heavy atom. The summed E-state index contributed by atoms with van der Waals surface area (Å²) in [5.41, 5.74) is 1.26. The van der Waals surface area contributed by atoms with Gasteiger partial charge in [0.05, 0.1) is 5.02 Å². The molecule has 0 aliphatic heterocycles. The Balaban J connectivity index is 1.40. The van der Waals surface area contributed by atoms with Crippen molar-refractivity contribution in [3.8, 4) is 16.9 Å². The summed E-state index contributed by atoms with van der Waals surface area (Å²) < 4.78 is 10.8. The second-order valence-corrected chi connectivity index (χ2v) is 8.49. The Morgan fingerprint density at radius 1 is 1.06 bits per heavy atom. The molecule has 0 aliphatic rings. The van der Waals surface area contributed by atoms with E-state index in [-0.39, 0.29) is 16.4 Å². The maximum Gasteiger partial charge on any atom is 0.336 e. The summed E-state index contributed by atoms with van der Waals surface area (Å²) in [5, 5.41) is 7.65. The van der Waals surface area contributed by atoms with E-state index in [1.807, 2.05) is 47.8 Å². The van der Waals surface area contributed by atoms with Crippen molar-refractivity contribution >= 4 is 45.8 Å². The number of carbonyl (C=O) groups is 2. The monoisotopic (exact) mass is 482 g/mol. The Labute approximate surface area is 197 Å². The highest BCUT2D eigenvalue weighted by molar-refractivity contribution is 7.09. The summed E-state index contributed by atoms with van der Waals surface area (Å²) in [6.45, 7) is -0.0358. The fourth-order valence-corrected chi connectivity index (χ4v) is 4.16. The van der Waals surface area contributed by atoms with E-state index in [0.717, 1.165) is 10.4 Å². The van der Waals surface area contributed by atoms with Gasteiger partial charge in [-0.25, -0.2) is 9.59 Å². The quantitative estimate of drug-likeness (QED) is 0.374. The maximum absolute atomic E-state index is 12.1. The summed E-state index contributed by atoms with van der Waals surface area (Å²) in [7, 11) is 0. The van der Waals surface area contributed by atoms with Crippen molar-refractivity contribution in [2.75, 3.05) is 13.2 Å². The molecule has 2 aromatic heterocycles. The Hall–Kier alpha value is -3.62. The molecule has 9 heteroatoms. The van der Waals surface area contributed by atoms with E-state index in [0.29, 0.717) is 23.9 Å². The topological polar surface area (TPSA) is 97.6 Å². The maximum atomic E-state index is 12.1. The van der Waals surface area contributed by atoms with Crippen molar-refractivity contribution in [3.05, 3.63) is 86.4 Å². The molecule has 4 aromatic rings. The van der Waals surface area contributed by atoms with Crippen LogP contribution >= 0.6 is 22.9 Å². The second-order valence-electron chi connectivity index (χ2n) is 7.05. The van der Waals surface area contributed by atoms with Crippen molar-refractivity contribution in [3.63, 3.8) is 0 Å². The van der Waals surface area contributed by atoms with E-state index < -0.39 is 24.2 Å². The number of ether oxygens (including phenoxy) is 1. The molecule has 0 aliphatic carbocycles. The van der Waals surface area contributed by atoms with Crippen molar-refractivity contribution in [1.29, 1.82) is 0 Å². The lowest BCUT2D eigenvalue weighted by Crippen LogP contribution is -2.42. The third-order valence-electron chi connectivity index (χ3n) is 4.73. The van der Waals surface area contributed by atoms with Gasteiger partial charge in [-0.3, -0.25) is 10.1 Å². The molecule has 3 amide bonds. The molecule has 0 fully saturated rings. The van der Waals surface area contributed by atoms with Crippen LogP contribution < -0.4 is 21.0 Å². The van der Waals surface area contributed by atoms with E-state index in [9.17, 15) is 14.4 Å². The zero-order valence-corrected chi connectivity index (χ0v) is 18.9. The van der Waals surface area contributed by atoms with Gasteiger partial charge in [-0.1, -0.05) is 48.0 Å². The number of carbonyl (C=O) groups excluding carboxylic acids is 2. The van der Waals surface area contributed by atoms with E-state index in [1.165, 1.54) is 12.1 Å². The van der Waals surface area contributed by atoms with Crippen molar-refractivity contribution in [1.82, 2.24) is 10.6 Å². The van der Waals surface area contributed by atoms with Gasteiger partial charge in [0.1, 0.15) is 11.3 Å². The first-order valence-corrected chi connectivity index (χ1v) is 11.3. The summed E-state index contributed by atoms with van der Waals surface area (Å²) >= 11 is 7.95. The van der Waals surface area contributed by atoms with Crippen molar-refractivity contribution in [2.24, 2.45) is 0 Å². The second kappa shape index (κ2) is 10.3. The molecule has 33 heavy (non-hydrogen) atoms. The number of urea groups is 1. The summed E-state index contributed by atoms with van der Waals surface area (Å²) in [4.78, 5) is 37.2. The molecule has 0 radical (unpaired) electrons. The fourth-order valence-electron chi connectivity index (χ4n) is 3.23. The number of halogens is 1. The summed E-state index contributed by atoms with van der Waals surface area (Å²) in [6.07, 6.45) is 0.679. The smallest absolute Gasteiger partial charge is 0.336 e. The molecule has 0 unspecified atom stereocenters. The van der Waals surface area contributed by atoms with Crippen LogP contribution in [0.3, 0.4) is 0 Å². The summed E-state index contributed by atoms with van der Waals surface area (Å²) in [6, 6.07) is 17.1. The lowest BCUT2D eigenvalue weighted by Gasteiger charge is -2.11. The molecular formula is C24H19ClN2O5S. The average Bonchev–Trinajstić information content (AvgIpc) is 3.31. The van der Waals surface area contributed by atoms with Gasteiger partial charge in [0.15, 0.2) is 6.61 Å². The highest BCUT2D eigenvalue weighted by atomic mass is 35.5. The van der Waals surface area contributed by atoms with Gasteiger partial charge in [0.25, 0.3) is 5.91 Å². The molecule has 2 aromatic carbocycles. The number of hydrogen-bond donors (Lipinski definition) is 2. The number of imide groups is 1. The van der Waals surface area contributed by atoms with Crippen LogP contribution in [0.4, 0.5) is 4.79 Å². The minimum absolute atomic E-state index is 0.158. The predicted octanol–water partition coefficient (Wildman–Crippen LogP) is 4.62. The Kier molecular flexibility index (Phi) is 7.07. The number of amides is 3. The molecule has 2 N–H and O–H groups in total. The number of nitrogens with one attached hydrogen (secondary N) is 2. The first-order valence-electron chi connectivity index (χ1n) is 10.1. The first-order chi connectivity index (χ1) is 16.0. The SMILES string of the molecule is O=C(COc1cc2oc(=O)cc(-c3ccccc3)c2cc1Cl)NC(=O)NCCc1cccs1. The van der Waals surface area contributed by atoms with E-state index in [4.69, 9.17) is 20.8 Å². The van der Waals surface area contributed by atoms with Crippen LogP contribution in [0.2, 0.25) is 5.02 Å². The minimum Gasteiger partial charge on any atom is -0.482 e. The van der Waals surface area contributed by atoms with Gasteiger partial charge in [-0.2, -0.15) is 0 Å². The van der Waals surface area contributed by atoms with Gasteiger partial charge in [-0.05, 0) is 35.1 Å². The van der Waals surface area contributed by atoms with Crippen LogP contribution in [0.25, 0.3) is 22.1 Å². The molecule has 0 atom stereocenters. The van der Waals surface area contributed by atoms with Crippen LogP contribution in [-0.4, -0.2) is 25.1 Å². The molecule has 0 saturated carbocycles.